The van der Waals surface area contributed by atoms with Crippen LogP contribution >= 0.6 is 0 Å². The lowest BCUT2D eigenvalue weighted by molar-refractivity contribution is 0.417. The summed E-state index contributed by atoms with van der Waals surface area (Å²) in [7, 11) is 1.63. The Labute approximate surface area is 81.6 Å². The molecule has 0 radical (unpaired) electrons. The summed E-state index contributed by atoms with van der Waals surface area (Å²) in [4.78, 5) is 0. The Kier molecular flexibility index (Phi) is 2.10. The third-order valence-electron chi connectivity index (χ3n) is 2.02. The van der Waals surface area contributed by atoms with Crippen LogP contribution in [0.5, 0.6) is 5.75 Å². The lowest BCUT2D eigenvalue weighted by Gasteiger charge is -2.07. The Morgan fingerprint density at radius 1 is 1.57 bits per heavy atom. The number of rotatable bonds is 3. The molecule has 4 heteroatoms. The van der Waals surface area contributed by atoms with Crippen LogP contribution in [0.15, 0.2) is 31.1 Å². The molecule has 0 unspecified atom stereocenters. The van der Waals surface area contributed by atoms with Crippen LogP contribution in [-0.2, 0) is 0 Å². The highest BCUT2D eigenvalue weighted by atomic mass is 16.5. The Balaban J connectivity index is 2.59. The fourth-order valence-corrected chi connectivity index (χ4v) is 1.36. The molecule has 1 aromatic heterocycles. The number of nitrogens with one attached hydrogen (secondary N) is 2. The van der Waals surface area contributed by atoms with Crippen molar-refractivity contribution in [2.24, 2.45) is 0 Å². The van der Waals surface area contributed by atoms with Gasteiger partial charge in [-0.2, -0.15) is 5.10 Å². The molecule has 0 aliphatic rings. The SMILES string of the molecule is C=CNc1cc2cn[nH]c2cc1OC. The number of ether oxygens (including phenoxy) is 1. The molecule has 0 amide bonds. The summed E-state index contributed by atoms with van der Waals surface area (Å²) in [5.41, 5.74) is 1.84. The molecule has 4 nitrogen and oxygen atoms in total. The van der Waals surface area contributed by atoms with Crippen molar-refractivity contribution in [3.63, 3.8) is 0 Å². The maximum absolute atomic E-state index is 5.22. The van der Waals surface area contributed by atoms with Gasteiger partial charge in [-0.1, -0.05) is 6.58 Å². The van der Waals surface area contributed by atoms with Crippen molar-refractivity contribution in [2.75, 3.05) is 12.4 Å². The highest BCUT2D eigenvalue weighted by Gasteiger charge is 2.04. The standard InChI is InChI=1S/C10H11N3O/c1-3-11-9-4-7-6-12-13-8(7)5-10(9)14-2/h3-6,11H,1H2,2H3,(H,12,13). The number of H-pyrrole nitrogens is 1. The number of aromatic amines is 1. The van der Waals surface area contributed by atoms with Crippen LogP contribution in [0.4, 0.5) is 5.69 Å². The first-order valence-electron chi connectivity index (χ1n) is 4.23. The smallest absolute Gasteiger partial charge is 0.144 e. The molecule has 0 aliphatic carbocycles. The quantitative estimate of drug-likeness (QED) is 0.777. The van der Waals surface area contributed by atoms with Gasteiger partial charge in [-0.25, -0.2) is 0 Å². The zero-order valence-electron chi connectivity index (χ0n) is 7.87. The second-order valence-corrected chi connectivity index (χ2v) is 2.86. The molecule has 2 aromatic rings. The molecular weight excluding hydrogens is 178 g/mol. The van der Waals surface area contributed by atoms with E-state index in [1.54, 1.807) is 19.5 Å². The van der Waals surface area contributed by atoms with E-state index in [0.717, 1.165) is 22.3 Å². The van der Waals surface area contributed by atoms with Crippen molar-refractivity contribution in [3.8, 4) is 5.75 Å². The Morgan fingerprint density at radius 3 is 3.14 bits per heavy atom. The van der Waals surface area contributed by atoms with Crippen LogP contribution in [0.3, 0.4) is 0 Å². The third kappa shape index (κ3) is 1.31. The van der Waals surface area contributed by atoms with Gasteiger partial charge in [0.1, 0.15) is 5.75 Å². The van der Waals surface area contributed by atoms with Crippen molar-refractivity contribution in [2.45, 2.75) is 0 Å². The van der Waals surface area contributed by atoms with Gasteiger partial charge in [-0.15, -0.1) is 0 Å². The minimum absolute atomic E-state index is 0.765. The fourth-order valence-electron chi connectivity index (χ4n) is 1.36. The first-order valence-corrected chi connectivity index (χ1v) is 4.23. The van der Waals surface area contributed by atoms with Crippen LogP contribution in [0.1, 0.15) is 0 Å². The van der Waals surface area contributed by atoms with E-state index >= 15 is 0 Å². The van der Waals surface area contributed by atoms with Crippen molar-refractivity contribution in [1.82, 2.24) is 10.2 Å². The van der Waals surface area contributed by atoms with Gasteiger partial charge in [-0.3, -0.25) is 5.10 Å². The maximum atomic E-state index is 5.22. The van der Waals surface area contributed by atoms with Crippen LogP contribution in [0, 0.1) is 0 Å². The normalized spacial score (nSPS) is 10.1. The summed E-state index contributed by atoms with van der Waals surface area (Å²) < 4.78 is 5.22. The van der Waals surface area contributed by atoms with Gasteiger partial charge in [0.15, 0.2) is 0 Å². The lowest BCUT2D eigenvalue weighted by atomic mass is 10.2. The molecule has 0 saturated heterocycles. The molecule has 1 heterocycles. The van der Waals surface area contributed by atoms with Gasteiger partial charge >= 0.3 is 0 Å². The van der Waals surface area contributed by atoms with E-state index in [9.17, 15) is 0 Å². The molecule has 0 bridgehead atoms. The van der Waals surface area contributed by atoms with Gasteiger partial charge in [-0.05, 0) is 12.3 Å². The average Bonchev–Trinajstić information content (AvgIpc) is 2.64. The largest absolute Gasteiger partial charge is 0.494 e. The number of nitrogens with zero attached hydrogens (tertiary/aromatic N) is 1. The number of anilines is 1. The van der Waals surface area contributed by atoms with Crippen molar-refractivity contribution >= 4 is 16.6 Å². The van der Waals surface area contributed by atoms with E-state index in [1.807, 2.05) is 12.1 Å². The second kappa shape index (κ2) is 3.41. The average molecular weight is 189 g/mol. The van der Waals surface area contributed by atoms with E-state index in [0.29, 0.717) is 0 Å². The van der Waals surface area contributed by atoms with Crippen molar-refractivity contribution < 1.29 is 4.74 Å². The van der Waals surface area contributed by atoms with Crippen LogP contribution in [-0.4, -0.2) is 17.3 Å². The van der Waals surface area contributed by atoms with Gasteiger partial charge in [0, 0.05) is 11.5 Å². The Morgan fingerprint density at radius 2 is 2.43 bits per heavy atom. The second-order valence-electron chi connectivity index (χ2n) is 2.86. The third-order valence-corrected chi connectivity index (χ3v) is 2.02. The first kappa shape index (κ1) is 8.62. The monoisotopic (exact) mass is 189 g/mol. The number of fused-ring (bicyclic) bond motifs is 1. The van der Waals surface area contributed by atoms with E-state index in [1.165, 1.54) is 0 Å². The molecule has 2 N–H and O–H groups in total. The minimum Gasteiger partial charge on any atom is -0.494 e. The number of methoxy groups -OCH3 is 1. The van der Waals surface area contributed by atoms with Crippen LogP contribution in [0.2, 0.25) is 0 Å². The molecule has 2 rings (SSSR count). The van der Waals surface area contributed by atoms with Gasteiger partial charge in [0.2, 0.25) is 0 Å². The molecule has 72 valence electrons. The van der Waals surface area contributed by atoms with Crippen molar-refractivity contribution in [1.29, 1.82) is 0 Å². The topological polar surface area (TPSA) is 49.9 Å². The van der Waals surface area contributed by atoms with Crippen molar-refractivity contribution in [3.05, 3.63) is 31.1 Å². The minimum atomic E-state index is 0.765. The zero-order chi connectivity index (χ0) is 9.97. The van der Waals surface area contributed by atoms with E-state index in [-0.39, 0.29) is 0 Å². The summed E-state index contributed by atoms with van der Waals surface area (Å²) >= 11 is 0. The molecule has 0 fully saturated rings. The summed E-state index contributed by atoms with van der Waals surface area (Å²) in [5, 5.41) is 10.9. The van der Waals surface area contributed by atoms with E-state index in [4.69, 9.17) is 4.74 Å². The molecule has 0 atom stereocenters. The highest BCUT2D eigenvalue weighted by Crippen LogP contribution is 2.28. The number of benzene rings is 1. The fraction of sp³-hybridized carbons (Fsp3) is 0.100. The van der Waals surface area contributed by atoms with E-state index in [2.05, 4.69) is 22.1 Å². The lowest BCUT2D eigenvalue weighted by Crippen LogP contribution is -1.92. The molecular formula is C10H11N3O. The van der Waals surface area contributed by atoms with Crippen LogP contribution in [0.25, 0.3) is 10.9 Å². The van der Waals surface area contributed by atoms with E-state index < -0.39 is 0 Å². The molecule has 0 saturated carbocycles. The molecule has 14 heavy (non-hydrogen) atoms. The first-order chi connectivity index (χ1) is 6.85. The van der Waals surface area contributed by atoms with Crippen LogP contribution < -0.4 is 10.1 Å². The maximum Gasteiger partial charge on any atom is 0.144 e. The predicted octanol–water partition coefficient (Wildman–Crippen LogP) is 2.13. The summed E-state index contributed by atoms with van der Waals surface area (Å²) in [6.45, 7) is 3.61. The predicted molar refractivity (Wildman–Crippen MR) is 56.5 cm³/mol. The molecule has 1 aromatic carbocycles. The number of aromatic nitrogens is 2. The highest BCUT2D eigenvalue weighted by molar-refractivity contribution is 5.85. The Bertz CT molecular complexity index is 461. The Hall–Kier alpha value is -1.97. The number of hydrogen-bond donors (Lipinski definition) is 2. The van der Waals surface area contributed by atoms with Gasteiger partial charge in [0.05, 0.1) is 24.5 Å². The summed E-state index contributed by atoms with van der Waals surface area (Å²) in [6, 6.07) is 3.85. The molecule has 0 spiro atoms. The molecule has 0 aliphatic heterocycles. The van der Waals surface area contributed by atoms with Gasteiger partial charge < -0.3 is 10.1 Å². The summed E-state index contributed by atoms with van der Waals surface area (Å²) in [6.07, 6.45) is 3.38. The van der Waals surface area contributed by atoms with Gasteiger partial charge in [0.25, 0.3) is 0 Å². The number of hydrogen-bond acceptors (Lipinski definition) is 3. The summed E-state index contributed by atoms with van der Waals surface area (Å²) in [5.74, 6) is 0.765. The zero-order valence-corrected chi connectivity index (χ0v) is 7.87.